The molecule has 12 heteroatoms. The Kier molecular flexibility index (Phi) is 7.43. The summed E-state index contributed by atoms with van der Waals surface area (Å²) in [5, 5.41) is 2.50. The van der Waals surface area contributed by atoms with Crippen molar-refractivity contribution >= 4 is 63.1 Å². The van der Waals surface area contributed by atoms with Crippen molar-refractivity contribution in [1.82, 2.24) is 9.47 Å². The number of carbonyl (C=O) groups is 3. The first kappa shape index (κ1) is 27.5. The Morgan fingerprint density at radius 2 is 1.75 bits per heavy atom. The maximum absolute atomic E-state index is 14.1. The van der Waals surface area contributed by atoms with Crippen LogP contribution in [0, 0.1) is 5.82 Å². The number of fused-ring (bicyclic) bond motifs is 1. The Balaban J connectivity index is 1.39. The molecule has 2 heterocycles. The number of aromatic nitrogens is 1. The van der Waals surface area contributed by atoms with Crippen molar-refractivity contribution in [3.63, 3.8) is 0 Å². The van der Waals surface area contributed by atoms with Gasteiger partial charge in [-0.05, 0) is 48.2 Å². The van der Waals surface area contributed by atoms with E-state index in [4.69, 9.17) is 11.6 Å². The second-order valence-electron chi connectivity index (χ2n) is 8.83. The zero-order valence-electron chi connectivity index (χ0n) is 20.3. The molecule has 1 aliphatic rings. The molecule has 1 aromatic heterocycles. The highest BCUT2D eigenvalue weighted by atomic mass is 35.5. The SMILES string of the molecule is O=C(Cn1cc(C=C2SC(=O)N(Cc3ccccc3F)C2=O)c2ccccc21)Nc1cc(C(F)(F)F)ccc1Cl. The molecule has 3 amide bonds. The van der Waals surface area contributed by atoms with E-state index >= 15 is 0 Å². The van der Waals surface area contributed by atoms with Crippen LogP contribution in [-0.4, -0.2) is 26.5 Å². The van der Waals surface area contributed by atoms with Gasteiger partial charge in [0.25, 0.3) is 11.1 Å². The smallest absolute Gasteiger partial charge is 0.337 e. The fourth-order valence-electron chi connectivity index (χ4n) is 4.24. The topological polar surface area (TPSA) is 71.4 Å². The lowest BCUT2D eigenvalue weighted by molar-refractivity contribution is -0.137. The average molecular weight is 588 g/mol. The number of imide groups is 1. The number of para-hydroxylation sites is 1. The van der Waals surface area contributed by atoms with Crippen molar-refractivity contribution < 1.29 is 31.9 Å². The highest BCUT2D eigenvalue weighted by molar-refractivity contribution is 8.18. The average Bonchev–Trinajstić information content (AvgIpc) is 3.37. The highest BCUT2D eigenvalue weighted by Gasteiger charge is 2.36. The molecule has 6 nitrogen and oxygen atoms in total. The molecular weight excluding hydrogens is 570 g/mol. The lowest BCUT2D eigenvalue weighted by Crippen LogP contribution is -2.27. The standard InChI is InChI=1S/C28H18ClF4N3O3S/c29-20-10-9-18(28(31,32)33)12-22(20)34-25(37)15-35-13-17(19-6-2-4-8-23(19)35)11-24-26(38)36(27(39)40-24)14-16-5-1-3-7-21(16)30/h1-13H,14-15H2,(H,34,37). The van der Waals surface area contributed by atoms with Crippen molar-refractivity contribution in [1.29, 1.82) is 0 Å². The quantitative estimate of drug-likeness (QED) is 0.189. The van der Waals surface area contributed by atoms with Gasteiger partial charge in [-0.3, -0.25) is 19.3 Å². The zero-order chi connectivity index (χ0) is 28.6. The van der Waals surface area contributed by atoms with Crippen LogP contribution in [-0.2, 0) is 28.9 Å². The summed E-state index contributed by atoms with van der Waals surface area (Å²) < 4.78 is 55.0. The minimum atomic E-state index is -4.61. The molecule has 0 atom stereocenters. The number of anilines is 1. The van der Waals surface area contributed by atoms with Crippen LogP contribution < -0.4 is 5.32 Å². The van der Waals surface area contributed by atoms with Gasteiger partial charge in [0.1, 0.15) is 12.4 Å². The number of benzene rings is 3. The molecule has 0 aliphatic carbocycles. The monoisotopic (exact) mass is 587 g/mol. The van der Waals surface area contributed by atoms with E-state index in [2.05, 4.69) is 5.32 Å². The number of hydrogen-bond acceptors (Lipinski definition) is 4. The van der Waals surface area contributed by atoms with Gasteiger partial charge in [-0.2, -0.15) is 13.2 Å². The molecule has 204 valence electrons. The van der Waals surface area contributed by atoms with Crippen LogP contribution in [0.2, 0.25) is 5.02 Å². The lowest BCUT2D eigenvalue weighted by atomic mass is 10.1. The van der Waals surface area contributed by atoms with Crippen LogP contribution in [0.5, 0.6) is 0 Å². The zero-order valence-corrected chi connectivity index (χ0v) is 21.9. The number of carbonyl (C=O) groups excluding carboxylic acids is 3. The number of nitrogens with zero attached hydrogens (tertiary/aromatic N) is 2. The van der Waals surface area contributed by atoms with Crippen LogP contribution in [0.1, 0.15) is 16.7 Å². The van der Waals surface area contributed by atoms with Gasteiger partial charge in [-0.1, -0.05) is 48.0 Å². The fraction of sp³-hybridized carbons (Fsp3) is 0.107. The molecule has 1 aliphatic heterocycles. The van der Waals surface area contributed by atoms with E-state index in [9.17, 15) is 31.9 Å². The molecule has 4 aromatic rings. The number of amides is 3. The van der Waals surface area contributed by atoms with Crippen LogP contribution in [0.15, 0.2) is 77.8 Å². The molecule has 0 spiro atoms. The van der Waals surface area contributed by atoms with E-state index in [0.717, 1.165) is 34.9 Å². The van der Waals surface area contributed by atoms with Gasteiger partial charge < -0.3 is 9.88 Å². The molecule has 0 unspecified atom stereocenters. The Morgan fingerprint density at radius 1 is 1.02 bits per heavy atom. The first-order valence-electron chi connectivity index (χ1n) is 11.7. The molecule has 0 bridgehead atoms. The second kappa shape index (κ2) is 10.8. The predicted molar refractivity (Wildman–Crippen MR) is 145 cm³/mol. The maximum atomic E-state index is 14.1. The second-order valence-corrected chi connectivity index (χ2v) is 10.2. The van der Waals surface area contributed by atoms with Gasteiger partial charge in [0.05, 0.1) is 27.7 Å². The van der Waals surface area contributed by atoms with Gasteiger partial charge in [0, 0.05) is 28.2 Å². The third kappa shape index (κ3) is 5.61. The molecule has 1 fully saturated rings. The van der Waals surface area contributed by atoms with Gasteiger partial charge >= 0.3 is 6.18 Å². The van der Waals surface area contributed by atoms with E-state index < -0.39 is 34.6 Å². The van der Waals surface area contributed by atoms with Crippen molar-refractivity contribution in [3.8, 4) is 0 Å². The van der Waals surface area contributed by atoms with Gasteiger partial charge in [-0.15, -0.1) is 0 Å². The van der Waals surface area contributed by atoms with E-state index in [0.29, 0.717) is 16.5 Å². The molecular formula is C28H18ClF4N3O3S. The number of thioether (sulfide) groups is 1. The normalized spacial score (nSPS) is 14.9. The predicted octanol–water partition coefficient (Wildman–Crippen LogP) is 7.33. The summed E-state index contributed by atoms with van der Waals surface area (Å²) in [6, 6.07) is 15.5. The Hall–Kier alpha value is -4.09. The van der Waals surface area contributed by atoms with Crippen molar-refractivity contribution in [2.45, 2.75) is 19.3 Å². The number of alkyl halides is 3. The summed E-state index contributed by atoms with van der Waals surface area (Å²) in [5.41, 5.74) is 0.225. The maximum Gasteiger partial charge on any atom is 0.416 e. The van der Waals surface area contributed by atoms with E-state index in [1.165, 1.54) is 24.3 Å². The van der Waals surface area contributed by atoms with Crippen molar-refractivity contribution in [2.24, 2.45) is 0 Å². The van der Waals surface area contributed by atoms with Crippen LogP contribution in [0.3, 0.4) is 0 Å². The van der Waals surface area contributed by atoms with Gasteiger partial charge in [0.15, 0.2) is 0 Å². The number of halogens is 5. The van der Waals surface area contributed by atoms with Gasteiger partial charge in [0.2, 0.25) is 5.91 Å². The molecule has 3 aromatic carbocycles. The molecule has 40 heavy (non-hydrogen) atoms. The molecule has 5 rings (SSSR count). The van der Waals surface area contributed by atoms with Crippen molar-refractivity contribution in [2.75, 3.05) is 5.32 Å². The Bertz CT molecular complexity index is 1700. The van der Waals surface area contributed by atoms with Crippen LogP contribution in [0.25, 0.3) is 17.0 Å². The third-order valence-corrected chi connectivity index (χ3v) is 7.38. The third-order valence-electron chi connectivity index (χ3n) is 6.15. The summed E-state index contributed by atoms with van der Waals surface area (Å²) in [7, 11) is 0. The van der Waals surface area contributed by atoms with Crippen molar-refractivity contribution in [3.05, 3.63) is 105 Å². The number of nitrogens with one attached hydrogen (secondary N) is 1. The largest absolute Gasteiger partial charge is 0.416 e. The fourth-order valence-corrected chi connectivity index (χ4v) is 5.23. The molecule has 0 radical (unpaired) electrons. The number of hydrogen-bond donors (Lipinski definition) is 1. The van der Waals surface area contributed by atoms with E-state index in [-0.39, 0.29) is 34.3 Å². The Morgan fingerprint density at radius 3 is 2.50 bits per heavy atom. The van der Waals surface area contributed by atoms with E-state index in [1.54, 1.807) is 41.1 Å². The van der Waals surface area contributed by atoms with Gasteiger partial charge in [-0.25, -0.2) is 4.39 Å². The van der Waals surface area contributed by atoms with Crippen LogP contribution >= 0.6 is 23.4 Å². The first-order valence-corrected chi connectivity index (χ1v) is 12.9. The summed E-state index contributed by atoms with van der Waals surface area (Å²) >= 11 is 6.72. The minimum Gasteiger partial charge on any atom is -0.337 e. The molecule has 0 saturated carbocycles. The Labute approximate surface area is 234 Å². The van der Waals surface area contributed by atoms with E-state index in [1.807, 2.05) is 0 Å². The summed E-state index contributed by atoms with van der Waals surface area (Å²) in [4.78, 5) is 39.5. The van der Waals surface area contributed by atoms with Crippen LogP contribution in [0.4, 0.5) is 28.0 Å². The first-order chi connectivity index (χ1) is 19.0. The minimum absolute atomic E-state index is 0.0505. The molecule has 1 N–H and O–H groups in total. The summed E-state index contributed by atoms with van der Waals surface area (Å²) in [6.07, 6.45) is -1.49. The highest BCUT2D eigenvalue weighted by Crippen LogP contribution is 2.36. The lowest BCUT2D eigenvalue weighted by Gasteiger charge is -2.12. The molecule has 1 saturated heterocycles. The summed E-state index contributed by atoms with van der Waals surface area (Å²) in [6.45, 7) is -0.482. The summed E-state index contributed by atoms with van der Waals surface area (Å²) in [5.74, 6) is -1.73. The number of rotatable bonds is 6.